The molecule has 0 spiro atoms. The fraction of sp³-hybridized carbons (Fsp3) is 0. The van der Waals surface area contributed by atoms with Gasteiger partial charge in [0.15, 0.2) is 0 Å². The van der Waals surface area contributed by atoms with Crippen LogP contribution in [0.4, 0.5) is 0 Å². The molecule has 2 aliphatic rings. The smallest absolute Gasteiger partial charge is 0.274 e. The molecular formula is C26H19MnN4O12S4-. The zero-order chi connectivity index (χ0) is 33.7. The van der Waals surface area contributed by atoms with Gasteiger partial charge >= 0.3 is 0 Å². The van der Waals surface area contributed by atoms with E-state index in [1.807, 2.05) is 42.5 Å². The fourth-order valence-electron chi connectivity index (χ4n) is 4.28. The molecule has 6 rings (SSSR count). The van der Waals surface area contributed by atoms with E-state index in [-0.39, 0.29) is 23.1 Å². The topological polar surface area (TPSA) is 275 Å². The van der Waals surface area contributed by atoms with E-state index < -0.39 is 60.1 Å². The minimum Gasteiger partial charge on any atom is -0.355 e. The summed E-state index contributed by atoms with van der Waals surface area (Å²) in [5.74, 6) is 0. The second-order valence-corrected chi connectivity index (χ2v) is 14.9. The summed E-state index contributed by atoms with van der Waals surface area (Å²) in [4.78, 5) is 8.04. The zero-order valence-electron chi connectivity index (χ0n) is 23.0. The van der Waals surface area contributed by atoms with E-state index >= 15 is 0 Å². The third kappa shape index (κ3) is 8.47. The molecule has 3 aromatic heterocycles. The Kier molecular flexibility index (Phi) is 9.82. The van der Waals surface area contributed by atoms with Gasteiger partial charge in [0.2, 0.25) is 20.2 Å². The summed E-state index contributed by atoms with van der Waals surface area (Å²) in [5.41, 5.74) is 7.86. The number of nitrogens with zero attached hydrogens (tertiary/aromatic N) is 2. The van der Waals surface area contributed by atoms with Crippen molar-refractivity contribution in [3.05, 3.63) is 83.4 Å². The zero-order valence-corrected chi connectivity index (χ0v) is 27.4. The molecule has 0 atom stereocenters. The van der Waals surface area contributed by atoms with E-state index in [0.29, 0.717) is 0 Å². The van der Waals surface area contributed by atoms with E-state index in [0.717, 1.165) is 44.8 Å². The molecule has 8 bridgehead atoms. The molecule has 247 valence electrons. The summed E-state index contributed by atoms with van der Waals surface area (Å²) in [6.07, 6.45) is 8.05. The van der Waals surface area contributed by atoms with Crippen molar-refractivity contribution < 1.29 is 69.0 Å². The van der Waals surface area contributed by atoms with Gasteiger partial charge in [0.25, 0.3) is 20.2 Å². The van der Waals surface area contributed by atoms with Crippen molar-refractivity contribution in [1.29, 1.82) is 0 Å². The SMILES string of the molecule is C1=Cc2cc3ccc(cc4ccc(cc5nc(cc1n2)C=C5)[nH]4)[nH]3.O=S(=O)(O)c1[c-]cc(S(=O)(=O)O)c(S(=O)(=O)O)c1S(=O)(=O)O.[Mn]. The molecule has 0 saturated heterocycles. The van der Waals surface area contributed by atoms with Gasteiger partial charge in [-0.2, -0.15) is 29.0 Å². The van der Waals surface area contributed by atoms with E-state index in [1.165, 1.54) is 6.07 Å². The van der Waals surface area contributed by atoms with Gasteiger partial charge in [-0.15, -0.1) is 0 Å². The molecule has 4 aromatic rings. The summed E-state index contributed by atoms with van der Waals surface area (Å²) in [6, 6.07) is 17.8. The second kappa shape index (κ2) is 12.9. The average molecular weight is 763 g/mol. The Balaban J connectivity index is 0.000000210. The van der Waals surface area contributed by atoms with Crippen molar-refractivity contribution in [2.45, 2.75) is 19.6 Å². The maximum absolute atomic E-state index is 11.2. The van der Waals surface area contributed by atoms with Crippen LogP contribution in [-0.2, 0) is 57.5 Å². The molecule has 0 amide bonds. The van der Waals surface area contributed by atoms with E-state index in [1.54, 1.807) is 0 Å². The first-order valence-electron chi connectivity index (χ1n) is 12.3. The number of nitrogens with one attached hydrogen (secondary N) is 2. The average Bonchev–Trinajstić information content (AvgIpc) is 3.73. The van der Waals surface area contributed by atoms with Crippen molar-refractivity contribution >= 4 is 86.8 Å². The first-order valence-corrected chi connectivity index (χ1v) is 18.1. The predicted molar refractivity (Wildman–Crippen MR) is 163 cm³/mol. The third-order valence-corrected chi connectivity index (χ3v) is 10.0. The predicted octanol–water partition coefficient (Wildman–Crippen LogP) is 3.13. The summed E-state index contributed by atoms with van der Waals surface area (Å²) < 4.78 is 124. The molecule has 0 unspecified atom stereocenters. The van der Waals surface area contributed by atoms with Crippen LogP contribution in [0.3, 0.4) is 0 Å². The molecule has 0 fully saturated rings. The van der Waals surface area contributed by atoms with Gasteiger partial charge in [-0.1, -0.05) is 0 Å². The Morgan fingerprint density at radius 1 is 0.511 bits per heavy atom. The van der Waals surface area contributed by atoms with Gasteiger partial charge < -0.3 is 9.97 Å². The molecule has 5 heterocycles. The molecular weight excluding hydrogens is 744 g/mol. The van der Waals surface area contributed by atoms with Gasteiger partial charge in [0.05, 0.1) is 22.8 Å². The van der Waals surface area contributed by atoms with Crippen molar-refractivity contribution in [3.8, 4) is 0 Å². The van der Waals surface area contributed by atoms with Gasteiger partial charge in [0.1, 0.15) is 0 Å². The van der Waals surface area contributed by atoms with E-state index in [4.69, 9.17) is 18.2 Å². The molecule has 2 aliphatic heterocycles. The number of hydrogen-bond acceptors (Lipinski definition) is 10. The quantitative estimate of drug-likeness (QED) is 0.0856. The number of hydrogen-bond donors (Lipinski definition) is 6. The van der Waals surface area contributed by atoms with Crippen LogP contribution in [0.1, 0.15) is 22.8 Å². The van der Waals surface area contributed by atoms with E-state index in [2.05, 4.69) is 50.3 Å². The van der Waals surface area contributed by atoms with Crippen molar-refractivity contribution in [1.82, 2.24) is 19.9 Å². The van der Waals surface area contributed by atoms with Crippen LogP contribution >= 0.6 is 0 Å². The molecule has 0 aliphatic carbocycles. The normalized spacial score (nSPS) is 13.0. The Hall–Kier alpha value is -4.02. The van der Waals surface area contributed by atoms with Gasteiger partial charge in [0, 0.05) is 58.7 Å². The number of benzene rings is 1. The van der Waals surface area contributed by atoms with Crippen LogP contribution in [-0.4, -0.2) is 71.8 Å². The second-order valence-electron chi connectivity index (χ2n) is 9.45. The van der Waals surface area contributed by atoms with Crippen LogP contribution in [0.2, 0.25) is 0 Å². The molecule has 47 heavy (non-hydrogen) atoms. The van der Waals surface area contributed by atoms with Crippen LogP contribution in [0.5, 0.6) is 0 Å². The van der Waals surface area contributed by atoms with Crippen LogP contribution in [0.15, 0.2) is 74.2 Å². The molecule has 21 heteroatoms. The maximum Gasteiger partial charge on any atom is 0.274 e. The first-order chi connectivity index (χ1) is 21.3. The Morgan fingerprint density at radius 2 is 0.894 bits per heavy atom. The molecule has 16 nitrogen and oxygen atoms in total. The van der Waals surface area contributed by atoms with Gasteiger partial charge in [-0.05, 0) is 72.8 Å². The van der Waals surface area contributed by atoms with Crippen molar-refractivity contribution in [2.24, 2.45) is 0 Å². The van der Waals surface area contributed by atoms with Gasteiger partial charge in [-0.25, -0.2) is 26.8 Å². The maximum atomic E-state index is 11.2. The summed E-state index contributed by atoms with van der Waals surface area (Å²) >= 11 is 0. The molecule has 6 N–H and O–H groups in total. The van der Waals surface area contributed by atoms with Gasteiger partial charge in [-0.3, -0.25) is 18.2 Å². The number of rotatable bonds is 4. The Bertz CT molecular complexity index is 2420. The summed E-state index contributed by atoms with van der Waals surface area (Å²) in [7, 11) is -22.6. The first kappa shape index (κ1) is 35.8. The largest absolute Gasteiger partial charge is 0.355 e. The summed E-state index contributed by atoms with van der Waals surface area (Å²) in [6.45, 7) is 0. The number of fused-ring (bicyclic) bond motifs is 8. The molecule has 0 saturated carbocycles. The molecule has 1 aromatic carbocycles. The Labute approximate surface area is 277 Å². The van der Waals surface area contributed by atoms with Crippen LogP contribution in [0.25, 0.3) is 46.4 Å². The Morgan fingerprint density at radius 3 is 1.26 bits per heavy atom. The van der Waals surface area contributed by atoms with Crippen LogP contribution in [0, 0.1) is 6.07 Å². The molecule has 1 radical (unpaired) electrons. The van der Waals surface area contributed by atoms with Crippen molar-refractivity contribution in [3.63, 3.8) is 0 Å². The van der Waals surface area contributed by atoms with Crippen molar-refractivity contribution in [2.75, 3.05) is 0 Å². The fourth-order valence-corrected chi connectivity index (χ4v) is 8.68. The monoisotopic (exact) mass is 762 g/mol. The minimum absolute atomic E-state index is 0. The van der Waals surface area contributed by atoms with E-state index in [9.17, 15) is 33.7 Å². The standard InChI is InChI=1S/C20H14N4.C6H5O12S4.Mn/c1-2-14-10-16-5-6-18(23-16)12-20-8-7-19(24-20)11-17-4-3-15(22-17)9-13(1)21-14;7-19(8,9)3-1-2-4(20(10,11)12)6(22(16,17)18)5(3)21(13,14)15;/h1-12,21-22H;1H,(H,7,8,9)(H,10,11,12)(H,13,14,15)(H,16,17,18);/q;-1;. The number of aromatic nitrogens is 4. The summed E-state index contributed by atoms with van der Waals surface area (Å²) in [5, 5.41) is 0. The van der Waals surface area contributed by atoms with Crippen LogP contribution < -0.4 is 0 Å². The minimum atomic E-state index is -5.80. The number of aromatic amines is 2. The number of H-pyrrole nitrogens is 2. The third-order valence-electron chi connectivity index (χ3n) is 6.06.